The zero-order chi connectivity index (χ0) is 9.84. The lowest BCUT2D eigenvalue weighted by atomic mass is 10.2. The highest BCUT2D eigenvalue weighted by Crippen LogP contribution is 2.22. The summed E-state index contributed by atoms with van der Waals surface area (Å²) >= 11 is 1.87. The van der Waals surface area contributed by atoms with Crippen molar-refractivity contribution in [1.82, 2.24) is 5.32 Å². The second-order valence-corrected chi connectivity index (χ2v) is 5.68. The van der Waals surface area contributed by atoms with Gasteiger partial charge in [-0.15, -0.1) is 0 Å². The van der Waals surface area contributed by atoms with Crippen LogP contribution in [0.4, 0.5) is 0 Å². The minimum Gasteiger partial charge on any atom is -0.362 e. The van der Waals surface area contributed by atoms with Crippen molar-refractivity contribution in [2.24, 2.45) is 10.9 Å². The second kappa shape index (κ2) is 4.89. The first-order valence-corrected chi connectivity index (χ1v) is 5.93. The highest BCUT2D eigenvalue weighted by Gasteiger charge is 2.19. The molecule has 0 bridgehead atoms. The van der Waals surface area contributed by atoms with E-state index in [0.29, 0.717) is 17.2 Å². The van der Waals surface area contributed by atoms with Crippen LogP contribution in [-0.2, 0) is 0 Å². The molecule has 1 aliphatic rings. The first kappa shape index (κ1) is 10.9. The third-order valence-electron chi connectivity index (χ3n) is 1.97. The molecule has 3 heteroatoms. The number of thioether (sulfide) groups is 1. The van der Waals surface area contributed by atoms with Crippen molar-refractivity contribution in [3.63, 3.8) is 0 Å². The summed E-state index contributed by atoms with van der Waals surface area (Å²) in [6.45, 7) is 9.83. The third-order valence-corrected chi connectivity index (χ3v) is 3.03. The van der Waals surface area contributed by atoms with E-state index in [1.165, 1.54) is 6.42 Å². The van der Waals surface area contributed by atoms with Crippen molar-refractivity contribution < 1.29 is 0 Å². The monoisotopic (exact) mass is 200 g/mol. The molecular weight excluding hydrogens is 180 g/mol. The molecule has 13 heavy (non-hydrogen) atoms. The first-order chi connectivity index (χ1) is 6.08. The SMILES string of the molecule is CC(C)CN=C1NC(C)CC(C)S1. The molecule has 0 aliphatic carbocycles. The van der Waals surface area contributed by atoms with Gasteiger partial charge in [-0.2, -0.15) is 0 Å². The largest absolute Gasteiger partial charge is 0.362 e. The van der Waals surface area contributed by atoms with E-state index in [0.717, 1.165) is 11.7 Å². The lowest BCUT2D eigenvalue weighted by Gasteiger charge is -2.27. The molecule has 0 saturated carbocycles. The number of nitrogens with zero attached hydrogens (tertiary/aromatic N) is 1. The van der Waals surface area contributed by atoms with Crippen LogP contribution in [0.3, 0.4) is 0 Å². The van der Waals surface area contributed by atoms with Crippen molar-refractivity contribution in [3.05, 3.63) is 0 Å². The molecule has 1 rings (SSSR count). The predicted molar refractivity (Wildman–Crippen MR) is 61.4 cm³/mol. The summed E-state index contributed by atoms with van der Waals surface area (Å²) in [7, 11) is 0. The minimum absolute atomic E-state index is 0.585. The average Bonchev–Trinajstić information content (AvgIpc) is 1.99. The summed E-state index contributed by atoms with van der Waals surface area (Å²) < 4.78 is 0. The molecule has 0 spiro atoms. The molecule has 0 aromatic heterocycles. The molecule has 0 radical (unpaired) electrons. The van der Waals surface area contributed by atoms with Crippen molar-refractivity contribution >= 4 is 16.9 Å². The number of aliphatic imine (C=N–C) groups is 1. The van der Waals surface area contributed by atoms with Gasteiger partial charge in [-0.3, -0.25) is 4.99 Å². The molecule has 0 aromatic rings. The number of hydrogen-bond acceptors (Lipinski definition) is 2. The summed E-state index contributed by atoms with van der Waals surface area (Å²) in [6, 6.07) is 0.585. The standard InChI is InChI=1S/C10H20N2S/c1-7(2)6-11-10-12-8(3)5-9(4)13-10/h7-9H,5-6H2,1-4H3,(H,11,12). The Labute approximate surface area is 85.6 Å². The van der Waals surface area contributed by atoms with Gasteiger partial charge in [0.15, 0.2) is 5.17 Å². The second-order valence-electron chi connectivity index (χ2n) is 4.25. The first-order valence-electron chi connectivity index (χ1n) is 5.05. The normalized spacial score (nSPS) is 32.2. The fourth-order valence-corrected chi connectivity index (χ4v) is 2.57. The number of hydrogen-bond donors (Lipinski definition) is 1. The maximum absolute atomic E-state index is 4.55. The van der Waals surface area contributed by atoms with E-state index in [1.54, 1.807) is 0 Å². The van der Waals surface area contributed by atoms with Crippen LogP contribution < -0.4 is 5.32 Å². The number of nitrogens with one attached hydrogen (secondary N) is 1. The van der Waals surface area contributed by atoms with Crippen molar-refractivity contribution in [2.45, 2.75) is 45.4 Å². The summed E-state index contributed by atoms with van der Waals surface area (Å²) in [5.41, 5.74) is 0. The van der Waals surface area contributed by atoms with Gasteiger partial charge in [0.1, 0.15) is 0 Å². The van der Waals surface area contributed by atoms with Crippen molar-refractivity contribution in [1.29, 1.82) is 0 Å². The van der Waals surface area contributed by atoms with Crippen LogP contribution >= 0.6 is 11.8 Å². The van der Waals surface area contributed by atoms with E-state index < -0.39 is 0 Å². The fraction of sp³-hybridized carbons (Fsp3) is 0.900. The Bertz CT molecular complexity index is 177. The molecule has 1 aliphatic heterocycles. The molecule has 1 saturated heterocycles. The Balaban J connectivity index is 2.44. The van der Waals surface area contributed by atoms with E-state index in [-0.39, 0.29) is 0 Å². The molecule has 0 aromatic carbocycles. The molecular formula is C10H20N2S. The van der Waals surface area contributed by atoms with Gasteiger partial charge in [0.25, 0.3) is 0 Å². The maximum Gasteiger partial charge on any atom is 0.157 e. The van der Waals surface area contributed by atoms with Crippen LogP contribution in [0.15, 0.2) is 4.99 Å². The molecule has 2 unspecified atom stereocenters. The zero-order valence-electron chi connectivity index (χ0n) is 9.00. The average molecular weight is 200 g/mol. The van der Waals surface area contributed by atoms with E-state index in [2.05, 4.69) is 38.0 Å². The van der Waals surface area contributed by atoms with Gasteiger partial charge in [-0.1, -0.05) is 32.5 Å². The molecule has 1 heterocycles. The van der Waals surface area contributed by atoms with E-state index >= 15 is 0 Å². The lowest BCUT2D eigenvalue weighted by Crippen LogP contribution is -2.38. The zero-order valence-corrected chi connectivity index (χ0v) is 9.82. The van der Waals surface area contributed by atoms with Crippen LogP contribution in [0.1, 0.15) is 34.1 Å². The lowest BCUT2D eigenvalue weighted by molar-refractivity contribution is 0.593. The van der Waals surface area contributed by atoms with Crippen molar-refractivity contribution in [3.8, 4) is 0 Å². The molecule has 2 atom stereocenters. The van der Waals surface area contributed by atoms with E-state index in [1.807, 2.05) is 11.8 Å². The van der Waals surface area contributed by atoms with Gasteiger partial charge < -0.3 is 5.32 Å². The van der Waals surface area contributed by atoms with Crippen LogP contribution in [0.25, 0.3) is 0 Å². The highest BCUT2D eigenvalue weighted by molar-refractivity contribution is 8.14. The summed E-state index contributed by atoms with van der Waals surface area (Å²) in [5.74, 6) is 0.655. The summed E-state index contributed by atoms with van der Waals surface area (Å²) in [5, 5.41) is 5.26. The van der Waals surface area contributed by atoms with Crippen LogP contribution in [0.5, 0.6) is 0 Å². The van der Waals surface area contributed by atoms with Gasteiger partial charge in [-0.05, 0) is 19.3 Å². The van der Waals surface area contributed by atoms with Crippen LogP contribution in [0, 0.1) is 5.92 Å². The Morgan fingerprint density at radius 2 is 2.23 bits per heavy atom. The maximum atomic E-state index is 4.55. The molecule has 0 amide bonds. The predicted octanol–water partition coefficient (Wildman–Crippen LogP) is 2.50. The van der Waals surface area contributed by atoms with Crippen LogP contribution in [0.2, 0.25) is 0 Å². The minimum atomic E-state index is 0.585. The summed E-state index contributed by atoms with van der Waals surface area (Å²) in [4.78, 5) is 4.55. The third kappa shape index (κ3) is 4.03. The molecule has 2 nitrogen and oxygen atoms in total. The Kier molecular flexibility index (Phi) is 4.10. The van der Waals surface area contributed by atoms with Crippen molar-refractivity contribution in [2.75, 3.05) is 6.54 Å². The van der Waals surface area contributed by atoms with Gasteiger partial charge in [0.05, 0.1) is 0 Å². The smallest absolute Gasteiger partial charge is 0.157 e. The van der Waals surface area contributed by atoms with E-state index in [4.69, 9.17) is 0 Å². The van der Waals surface area contributed by atoms with Gasteiger partial charge in [0.2, 0.25) is 0 Å². The molecule has 1 N–H and O–H groups in total. The number of amidine groups is 1. The Morgan fingerprint density at radius 1 is 1.54 bits per heavy atom. The molecule has 76 valence electrons. The number of rotatable bonds is 2. The summed E-state index contributed by atoms with van der Waals surface area (Å²) in [6.07, 6.45) is 1.24. The van der Waals surface area contributed by atoms with Gasteiger partial charge in [-0.25, -0.2) is 0 Å². The highest BCUT2D eigenvalue weighted by atomic mass is 32.2. The van der Waals surface area contributed by atoms with Gasteiger partial charge in [0, 0.05) is 17.8 Å². The van der Waals surface area contributed by atoms with E-state index in [9.17, 15) is 0 Å². The quantitative estimate of drug-likeness (QED) is 0.740. The molecule has 1 fully saturated rings. The van der Waals surface area contributed by atoms with Gasteiger partial charge >= 0.3 is 0 Å². The Morgan fingerprint density at radius 3 is 2.77 bits per heavy atom. The Hall–Kier alpha value is -0.180. The topological polar surface area (TPSA) is 24.4 Å². The fourth-order valence-electron chi connectivity index (χ4n) is 1.39. The van der Waals surface area contributed by atoms with Crippen LogP contribution in [-0.4, -0.2) is 23.0 Å².